The molecule has 0 aromatic heterocycles. The third-order valence-electron chi connectivity index (χ3n) is 5.05. The molecule has 1 aliphatic rings. The minimum absolute atomic E-state index is 0.0478. The number of fused-ring (bicyclic) bond motifs is 3. The topological polar surface area (TPSA) is 38.3 Å². The van der Waals surface area contributed by atoms with Gasteiger partial charge in [-0.1, -0.05) is 78.6 Å². The highest BCUT2D eigenvalue weighted by molar-refractivity contribution is 5.79. The maximum Gasteiger partial charge on any atom is 0.408 e. The van der Waals surface area contributed by atoms with E-state index in [2.05, 4.69) is 41.4 Å². The zero-order chi connectivity index (χ0) is 20.3. The van der Waals surface area contributed by atoms with E-state index in [1.54, 1.807) is 0 Å². The lowest BCUT2D eigenvalue weighted by Gasteiger charge is -2.21. The fraction of sp³-hybridized carbons (Fsp3) is 0.192. The van der Waals surface area contributed by atoms with Gasteiger partial charge in [-0.2, -0.15) is 0 Å². The summed E-state index contributed by atoms with van der Waals surface area (Å²) in [4.78, 5) is 12.4. The van der Waals surface area contributed by atoms with Crippen LogP contribution in [0.25, 0.3) is 11.1 Å². The molecular formula is C26H23NO2. The van der Waals surface area contributed by atoms with Crippen molar-refractivity contribution >= 4 is 6.09 Å². The molecule has 3 heteroatoms. The van der Waals surface area contributed by atoms with Crippen molar-refractivity contribution < 1.29 is 9.53 Å². The number of hydrogen-bond donors (Lipinski definition) is 1. The highest BCUT2D eigenvalue weighted by Crippen LogP contribution is 2.44. The number of ether oxygens (including phenoxy) is 1. The van der Waals surface area contributed by atoms with E-state index in [9.17, 15) is 4.79 Å². The van der Waals surface area contributed by atoms with E-state index < -0.39 is 11.6 Å². The average molecular weight is 381 g/mol. The van der Waals surface area contributed by atoms with E-state index in [-0.39, 0.29) is 5.92 Å². The quantitative estimate of drug-likeness (QED) is 0.621. The van der Waals surface area contributed by atoms with Crippen LogP contribution in [0.2, 0.25) is 0 Å². The average Bonchev–Trinajstić information content (AvgIpc) is 3.05. The van der Waals surface area contributed by atoms with Crippen LogP contribution in [-0.2, 0) is 4.74 Å². The maximum absolute atomic E-state index is 12.4. The van der Waals surface area contributed by atoms with Crippen LogP contribution >= 0.6 is 0 Å². The minimum atomic E-state index is -0.696. The number of nitrogens with one attached hydrogen (secondary N) is 1. The van der Waals surface area contributed by atoms with E-state index in [1.807, 2.05) is 68.4 Å². The van der Waals surface area contributed by atoms with Gasteiger partial charge in [-0.15, -0.1) is 0 Å². The van der Waals surface area contributed by atoms with Crippen LogP contribution in [-0.4, -0.2) is 18.2 Å². The van der Waals surface area contributed by atoms with Crippen LogP contribution in [0.5, 0.6) is 0 Å². The van der Waals surface area contributed by atoms with Crippen molar-refractivity contribution in [2.45, 2.75) is 25.3 Å². The number of rotatable bonds is 3. The first kappa shape index (κ1) is 18.8. The summed E-state index contributed by atoms with van der Waals surface area (Å²) in [5.41, 5.74) is 5.04. The number of benzene rings is 3. The molecule has 0 bridgehead atoms. The second-order valence-electron chi connectivity index (χ2n) is 7.69. The van der Waals surface area contributed by atoms with Crippen LogP contribution in [0.1, 0.15) is 36.5 Å². The lowest BCUT2D eigenvalue weighted by Crippen LogP contribution is -2.42. The minimum Gasteiger partial charge on any atom is -0.449 e. The summed E-state index contributed by atoms with van der Waals surface area (Å²) >= 11 is 0. The fourth-order valence-electron chi connectivity index (χ4n) is 3.67. The molecule has 0 atom stereocenters. The SMILES string of the molecule is CC(C)(C#Cc1ccccc1)NC(=O)OCC1c2ccccc2-c2ccccc21. The Morgan fingerprint density at radius 3 is 2.07 bits per heavy atom. The number of hydrogen-bond acceptors (Lipinski definition) is 2. The summed E-state index contributed by atoms with van der Waals surface area (Å²) in [5, 5.41) is 2.86. The molecule has 0 spiro atoms. The molecule has 0 saturated carbocycles. The lowest BCUT2D eigenvalue weighted by molar-refractivity contribution is 0.137. The van der Waals surface area contributed by atoms with E-state index in [0.717, 1.165) is 5.56 Å². The largest absolute Gasteiger partial charge is 0.449 e. The predicted molar refractivity (Wildman–Crippen MR) is 116 cm³/mol. The Hall–Kier alpha value is -3.51. The number of alkyl carbamates (subject to hydrolysis) is 1. The third kappa shape index (κ3) is 4.17. The number of carbonyl (C=O) groups excluding carboxylic acids is 1. The summed E-state index contributed by atoms with van der Waals surface area (Å²) < 4.78 is 5.61. The van der Waals surface area contributed by atoms with Crippen LogP contribution in [0.3, 0.4) is 0 Å². The predicted octanol–water partition coefficient (Wildman–Crippen LogP) is 5.36. The Labute approximate surface area is 171 Å². The lowest BCUT2D eigenvalue weighted by atomic mass is 9.98. The molecule has 0 radical (unpaired) electrons. The molecule has 0 heterocycles. The van der Waals surface area contributed by atoms with Gasteiger partial charge in [0.2, 0.25) is 0 Å². The van der Waals surface area contributed by atoms with Crippen LogP contribution in [0.4, 0.5) is 4.79 Å². The van der Waals surface area contributed by atoms with Crippen molar-refractivity contribution in [1.29, 1.82) is 0 Å². The molecule has 3 aromatic carbocycles. The highest BCUT2D eigenvalue weighted by Gasteiger charge is 2.29. The molecule has 0 fully saturated rings. The summed E-state index contributed by atoms with van der Waals surface area (Å²) in [6, 6.07) is 26.3. The van der Waals surface area contributed by atoms with Crippen molar-refractivity contribution in [1.82, 2.24) is 5.32 Å². The van der Waals surface area contributed by atoms with E-state index in [4.69, 9.17) is 4.74 Å². The molecule has 3 aromatic rings. The molecular weight excluding hydrogens is 358 g/mol. The van der Waals surface area contributed by atoms with Crippen LogP contribution < -0.4 is 5.32 Å². The van der Waals surface area contributed by atoms with E-state index in [1.165, 1.54) is 22.3 Å². The normalized spacial score (nSPS) is 12.3. The van der Waals surface area contributed by atoms with Crippen LogP contribution in [0.15, 0.2) is 78.9 Å². The van der Waals surface area contributed by atoms with Crippen molar-refractivity contribution in [2.24, 2.45) is 0 Å². The van der Waals surface area contributed by atoms with Crippen molar-refractivity contribution in [3.63, 3.8) is 0 Å². The van der Waals surface area contributed by atoms with Gasteiger partial charge in [-0.25, -0.2) is 4.79 Å². The Kier molecular flexibility index (Phi) is 5.10. The van der Waals surface area contributed by atoms with Gasteiger partial charge >= 0.3 is 6.09 Å². The van der Waals surface area contributed by atoms with E-state index in [0.29, 0.717) is 6.61 Å². The molecule has 1 N–H and O–H groups in total. The standard InChI is InChI=1S/C26H23NO2/c1-26(2,17-16-19-10-4-3-5-11-19)27-25(28)29-18-24-22-14-8-6-12-20(22)21-13-7-9-15-23(21)24/h3-15,24H,18H2,1-2H3,(H,27,28). The molecule has 0 unspecified atom stereocenters. The molecule has 29 heavy (non-hydrogen) atoms. The zero-order valence-electron chi connectivity index (χ0n) is 16.6. The van der Waals surface area contributed by atoms with Crippen molar-refractivity contribution in [3.8, 4) is 23.0 Å². The van der Waals surface area contributed by atoms with Crippen molar-refractivity contribution in [3.05, 3.63) is 95.6 Å². The summed E-state index contributed by atoms with van der Waals surface area (Å²) in [5.74, 6) is 6.24. The number of amides is 1. The summed E-state index contributed by atoms with van der Waals surface area (Å²) in [6.07, 6.45) is -0.459. The first-order valence-corrected chi connectivity index (χ1v) is 9.75. The summed E-state index contributed by atoms with van der Waals surface area (Å²) in [7, 11) is 0. The second-order valence-corrected chi connectivity index (χ2v) is 7.69. The first-order chi connectivity index (χ1) is 14.0. The molecule has 144 valence electrons. The molecule has 0 aliphatic heterocycles. The Morgan fingerprint density at radius 2 is 1.45 bits per heavy atom. The van der Waals surface area contributed by atoms with Gasteiger partial charge < -0.3 is 10.1 Å². The van der Waals surface area contributed by atoms with E-state index >= 15 is 0 Å². The zero-order valence-corrected chi connectivity index (χ0v) is 16.6. The van der Waals surface area contributed by atoms with Gasteiger partial charge in [0.05, 0.1) is 5.54 Å². The smallest absolute Gasteiger partial charge is 0.408 e. The monoisotopic (exact) mass is 381 g/mol. The Bertz CT molecular complexity index is 1040. The summed E-state index contributed by atoms with van der Waals surface area (Å²) in [6.45, 7) is 4.02. The van der Waals surface area contributed by atoms with Gasteiger partial charge in [0.1, 0.15) is 6.61 Å². The molecule has 0 saturated heterocycles. The molecule has 4 rings (SSSR count). The van der Waals surface area contributed by atoms with Gasteiger partial charge in [0, 0.05) is 11.5 Å². The molecule has 3 nitrogen and oxygen atoms in total. The second kappa shape index (κ2) is 7.85. The molecule has 1 aliphatic carbocycles. The maximum atomic E-state index is 12.4. The Balaban J connectivity index is 1.43. The molecule has 1 amide bonds. The Morgan fingerprint density at radius 1 is 0.897 bits per heavy atom. The highest BCUT2D eigenvalue weighted by atomic mass is 16.5. The van der Waals surface area contributed by atoms with Crippen molar-refractivity contribution in [2.75, 3.05) is 6.61 Å². The van der Waals surface area contributed by atoms with Gasteiger partial charge in [-0.3, -0.25) is 0 Å². The fourth-order valence-corrected chi connectivity index (χ4v) is 3.67. The third-order valence-corrected chi connectivity index (χ3v) is 5.05. The van der Waals surface area contributed by atoms with Gasteiger partial charge in [0.25, 0.3) is 0 Å². The first-order valence-electron chi connectivity index (χ1n) is 9.75. The number of carbonyl (C=O) groups is 1. The van der Waals surface area contributed by atoms with Gasteiger partial charge in [-0.05, 0) is 48.2 Å². The van der Waals surface area contributed by atoms with Gasteiger partial charge in [0.15, 0.2) is 0 Å². The van der Waals surface area contributed by atoms with Crippen LogP contribution in [0, 0.1) is 11.8 Å².